The van der Waals surface area contributed by atoms with Gasteiger partial charge in [0, 0.05) is 0 Å². The van der Waals surface area contributed by atoms with Crippen LogP contribution in [0.1, 0.15) is 16.7 Å². The lowest BCUT2D eigenvalue weighted by molar-refractivity contribution is 0.263. The number of benzene rings is 3. The van der Waals surface area contributed by atoms with Crippen LogP contribution in [0.2, 0.25) is 0 Å². The molecular formula is C28H28O6S. The summed E-state index contributed by atoms with van der Waals surface area (Å²) in [7, 11) is 0. The SMILES string of the molecule is SC(c1ccc(OCC2CO2)cc1)(c1ccc(OCC2CO2)cc1)c1ccc(OCC2CO2)cc1. The molecule has 0 radical (unpaired) electrons. The van der Waals surface area contributed by atoms with Crippen molar-refractivity contribution < 1.29 is 28.4 Å². The Morgan fingerprint density at radius 2 is 0.800 bits per heavy atom. The van der Waals surface area contributed by atoms with Crippen LogP contribution in [0.25, 0.3) is 0 Å². The lowest BCUT2D eigenvalue weighted by Gasteiger charge is -2.31. The number of rotatable bonds is 12. The standard InChI is InChI=1S/C28H28O6S/c35-28(19-1-7-22(8-2-19)29-13-25-16-32-25,20-3-9-23(10-4-20)30-14-26-17-33-26)21-5-11-24(12-6-21)31-15-27-18-34-27/h1-12,25-27,35H,13-18H2. The lowest BCUT2D eigenvalue weighted by Crippen LogP contribution is -2.22. The van der Waals surface area contributed by atoms with E-state index in [-0.39, 0.29) is 18.3 Å². The van der Waals surface area contributed by atoms with E-state index in [0.717, 1.165) is 53.8 Å². The lowest BCUT2D eigenvalue weighted by atomic mass is 9.84. The molecule has 3 atom stereocenters. The summed E-state index contributed by atoms with van der Waals surface area (Å²) in [6.45, 7) is 4.06. The summed E-state index contributed by atoms with van der Waals surface area (Å²) in [6.07, 6.45) is 0.661. The van der Waals surface area contributed by atoms with Crippen molar-refractivity contribution in [2.24, 2.45) is 0 Å². The molecule has 7 heteroatoms. The topological polar surface area (TPSA) is 65.3 Å². The fourth-order valence-electron chi connectivity index (χ4n) is 3.94. The minimum absolute atomic E-state index is 0.220. The number of thiol groups is 1. The summed E-state index contributed by atoms with van der Waals surface area (Å²) in [4.78, 5) is 0. The van der Waals surface area contributed by atoms with Gasteiger partial charge in [-0.1, -0.05) is 36.4 Å². The van der Waals surface area contributed by atoms with Crippen LogP contribution in [-0.2, 0) is 19.0 Å². The van der Waals surface area contributed by atoms with Crippen molar-refractivity contribution in [3.8, 4) is 17.2 Å². The second-order valence-electron chi connectivity index (χ2n) is 9.08. The summed E-state index contributed by atoms with van der Waals surface area (Å²) in [5.74, 6) is 2.45. The van der Waals surface area contributed by atoms with Crippen molar-refractivity contribution in [3.63, 3.8) is 0 Å². The highest BCUT2D eigenvalue weighted by Gasteiger charge is 2.33. The van der Waals surface area contributed by atoms with Crippen molar-refractivity contribution >= 4 is 12.6 Å². The molecule has 3 aromatic carbocycles. The van der Waals surface area contributed by atoms with E-state index in [4.69, 9.17) is 41.0 Å². The maximum absolute atomic E-state index is 5.84. The molecule has 0 saturated carbocycles. The van der Waals surface area contributed by atoms with Crippen LogP contribution >= 0.6 is 12.6 Å². The predicted octanol–water partition coefficient (Wildman–Crippen LogP) is 4.24. The third kappa shape index (κ3) is 5.59. The average Bonchev–Trinajstić information content (AvgIpc) is 3.76. The minimum atomic E-state index is -0.686. The van der Waals surface area contributed by atoms with E-state index in [1.54, 1.807) is 0 Å². The van der Waals surface area contributed by atoms with Crippen molar-refractivity contribution in [3.05, 3.63) is 89.5 Å². The fraction of sp³-hybridized carbons (Fsp3) is 0.357. The van der Waals surface area contributed by atoms with Crippen LogP contribution in [-0.4, -0.2) is 58.0 Å². The highest BCUT2D eigenvalue weighted by molar-refractivity contribution is 7.81. The van der Waals surface area contributed by atoms with Crippen molar-refractivity contribution in [2.45, 2.75) is 23.1 Å². The van der Waals surface area contributed by atoms with Crippen molar-refractivity contribution in [2.75, 3.05) is 39.6 Å². The fourth-order valence-corrected chi connectivity index (χ4v) is 4.38. The van der Waals surface area contributed by atoms with Gasteiger partial charge in [-0.05, 0) is 53.1 Å². The third-order valence-electron chi connectivity index (χ3n) is 6.33. The molecule has 182 valence electrons. The molecule has 3 aliphatic heterocycles. The normalized spacial score (nSPS) is 23.7. The van der Waals surface area contributed by atoms with Crippen LogP contribution in [0.4, 0.5) is 0 Å². The van der Waals surface area contributed by atoms with Crippen LogP contribution in [0.15, 0.2) is 72.8 Å². The van der Waals surface area contributed by atoms with E-state index in [1.165, 1.54) is 0 Å². The number of epoxide rings is 3. The number of ether oxygens (including phenoxy) is 6. The molecule has 0 bridgehead atoms. The molecule has 0 N–H and O–H groups in total. The van der Waals surface area contributed by atoms with Crippen LogP contribution in [0.5, 0.6) is 17.2 Å². The number of hydrogen-bond donors (Lipinski definition) is 1. The maximum Gasteiger partial charge on any atom is 0.119 e. The molecule has 0 spiro atoms. The van der Waals surface area contributed by atoms with E-state index >= 15 is 0 Å². The molecule has 3 saturated heterocycles. The molecule has 3 aromatic rings. The Morgan fingerprint density at radius 1 is 0.543 bits per heavy atom. The molecule has 3 unspecified atom stereocenters. The summed E-state index contributed by atoms with van der Waals surface area (Å²) in [5.41, 5.74) is 3.11. The highest BCUT2D eigenvalue weighted by Crippen LogP contribution is 2.44. The Bertz CT molecular complexity index is 975. The van der Waals surface area contributed by atoms with Gasteiger partial charge >= 0.3 is 0 Å². The second-order valence-corrected chi connectivity index (χ2v) is 9.75. The van der Waals surface area contributed by atoms with Gasteiger partial charge in [0.05, 0.1) is 24.6 Å². The first-order valence-corrected chi connectivity index (χ1v) is 12.4. The molecule has 0 aromatic heterocycles. The molecule has 3 fully saturated rings. The zero-order chi connectivity index (χ0) is 23.7. The zero-order valence-electron chi connectivity index (χ0n) is 19.3. The maximum atomic E-state index is 5.84. The Labute approximate surface area is 210 Å². The Morgan fingerprint density at radius 3 is 1.03 bits per heavy atom. The van der Waals surface area contributed by atoms with E-state index < -0.39 is 4.75 Å². The molecule has 3 aliphatic rings. The van der Waals surface area contributed by atoms with Crippen LogP contribution in [0, 0.1) is 0 Å². The van der Waals surface area contributed by atoms with Gasteiger partial charge in [0.15, 0.2) is 0 Å². The monoisotopic (exact) mass is 492 g/mol. The Hall–Kier alpha value is -2.71. The summed E-state index contributed by atoms with van der Waals surface area (Å²) in [5, 5.41) is 0. The molecule has 3 heterocycles. The Balaban J connectivity index is 1.26. The van der Waals surface area contributed by atoms with Gasteiger partial charge in [-0.25, -0.2) is 0 Å². The van der Waals surface area contributed by atoms with Crippen LogP contribution < -0.4 is 14.2 Å². The van der Waals surface area contributed by atoms with Gasteiger partial charge < -0.3 is 28.4 Å². The van der Waals surface area contributed by atoms with Gasteiger partial charge in [-0.15, -0.1) is 0 Å². The molecule has 6 rings (SSSR count). The Kier molecular flexibility index (Phi) is 6.33. The minimum Gasteiger partial charge on any atom is -0.491 e. The first-order chi connectivity index (χ1) is 17.2. The molecule has 0 amide bonds. The van der Waals surface area contributed by atoms with E-state index in [1.807, 2.05) is 36.4 Å². The largest absolute Gasteiger partial charge is 0.491 e. The second kappa shape index (κ2) is 9.74. The van der Waals surface area contributed by atoms with Gasteiger partial charge in [0.25, 0.3) is 0 Å². The van der Waals surface area contributed by atoms with Crippen LogP contribution in [0.3, 0.4) is 0 Å². The van der Waals surface area contributed by atoms with E-state index in [0.29, 0.717) is 19.8 Å². The summed E-state index contributed by atoms with van der Waals surface area (Å²) >= 11 is 5.29. The van der Waals surface area contributed by atoms with E-state index in [2.05, 4.69) is 36.4 Å². The summed E-state index contributed by atoms with van der Waals surface area (Å²) < 4.78 is 32.5. The van der Waals surface area contributed by atoms with Gasteiger partial charge in [-0.3, -0.25) is 0 Å². The van der Waals surface area contributed by atoms with Gasteiger partial charge in [0.1, 0.15) is 55.4 Å². The molecule has 0 aliphatic carbocycles. The first kappa shape index (κ1) is 22.7. The highest BCUT2D eigenvalue weighted by atomic mass is 32.1. The first-order valence-electron chi connectivity index (χ1n) is 11.9. The third-order valence-corrected chi connectivity index (χ3v) is 7.11. The molecular weight excluding hydrogens is 464 g/mol. The van der Waals surface area contributed by atoms with E-state index in [9.17, 15) is 0 Å². The van der Waals surface area contributed by atoms with Crippen molar-refractivity contribution in [1.29, 1.82) is 0 Å². The molecule has 35 heavy (non-hydrogen) atoms. The predicted molar refractivity (Wildman–Crippen MR) is 134 cm³/mol. The van der Waals surface area contributed by atoms with Gasteiger partial charge in [0.2, 0.25) is 0 Å². The number of hydrogen-bond acceptors (Lipinski definition) is 7. The summed E-state index contributed by atoms with van der Waals surface area (Å²) in [6, 6.07) is 24.3. The zero-order valence-corrected chi connectivity index (χ0v) is 20.2. The quantitative estimate of drug-likeness (QED) is 0.232. The molecule has 6 nitrogen and oxygen atoms in total. The van der Waals surface area contributed by atoms with Crippen molar-refractivity contribution in [1.82, 2.24) is 0 Å². The smallest absolute Gasteiger partial charge is 0.119 e. The average molecular weight is 493 g/mol. The van der Waals surface area contributed by atoms with Gasteiger partial charge in [-0.2, -0.15) is 12.6 Å².